The third kappa shape index (κ3) is 5.06. The number of para-hydroxylation sites is 1. The van der Waals surface area contributed by atoms with Gasteiger partial charge in [-0.15, -0.1) is 12.4 Å². The second-order valence-corrected chi connectivity index (χ2v) is 8.25. The molecule has 0 spiro atoms. The number of rotatable bonds is 5. The lowest BCUT2D eigenvalue weighted by Gasteiger charge is -2.22. The maximum Gasteiger partial charge on any atom is 0.228 e. The predicted octanol–water partition coefficient (Wildman–Crippen LogP) is 3.02. The summed E-state index contributed by atoms with van der Waals surface area (Å²) in [7, 11) is -3.46. The smallest absolute Gasteiger partial charge is 0.228 e. The molecular weight excluding hydrogens is 372 g/mol. The third-order valence-corrected chi connectivity index (χ3v) is 6.07. The highest BCUT2D eigenvalue weighted by atomic mass is 35.5. The van der Waals surface area contributed by atoms with Gasteiger partial charge in [-0.25, -0.2) is 8.42 Å². The third-order valence-electron chi connectivity index (χ3n) is 4.39. The number of amides is 1. The van der Waals surface area contributed by atoms with E-state index in [4.69, 9.17) is 0 Å². The van der Waals surface area contributed by atoms with Crippen molar-refractivity contribution in [2.75, 3.05) is 18.4 Å². The average molecular weight is 395 g/mol. The number of carbonyl (C=O) groups excluding carboxylic acids is 1. The largest absolute Gasteiger partial charge is 0.326 e. The molecule has 26 heavy (non-hydrogen) atoms. The van der Waals surface area contributed by atoms with Crippen LogP contribution in [0.3, 0.4) is 0 Å². The number of hydrogen-bond acceptors (Lipinski definition) is 4. The highest BCUT2D eigenvalue weighted by molar-refractivity contribution is 7.90. The lowest BCUT2D eigenvalue weighted by molar-refractivity contribution is -0.120. The zero-order valence-electron chi connectivity index (χ0n) is 14.4. The van der Waals surface area contributed by atoms with E-state index >= 15 is 0 Å². The lowest BCUT2D eigenvalue weighted by Crippen LogP contribution is -2.37. The standard InChI is InChI=1S/C19H22N2O3S.ClH/c22-19(15-8-6-12-20-13-15)21-18-11-5-4-7-16(18)14-25(23,24)17-9-2-1-3-10-17;/h1-5,7,9-11,15,20H,6,8,12-14H2,(H,21,22);1H. The Bertz CT molecular complexity index is 835. The molecule has 2 aromatic rings. The minimum Gasteiger partial charge on any atom is -0.326 e. The fourth-order valence-electron chi connectivity index (χ4n) is 2.99. The van der Waals surface area contributed by atoms with Gasteiger partial charge in [0.25, 0.3) is 0 Å². The summed E-state index contributed by atoms with van der Waals surface area (Å²) in [4.78, 5) is 12.7. The van der Waals surface area contributed by atoms with Crippen LogP contribution in [0.25, 0.3) is 0 Å². The number of anilines is 1. The van der Waals surface area contributed by atoms with Crippen LogP contribution in [-0.4, -0.2) is 27.4 Å². The lowest BCUT2D eigenvalue weighted by atomic mass is 9.98. The summed E-state index contributed by atoms with van der Waals surface area (Å²) in [5, 5.41) is 6.13. The second-order valence-electron chi connectivity index (χ2n) is 6.26. The minimum atomic E-state index is -3.46. The van der Waals surface area contributed by atoms with Gasteiger partial charge in [-0.2, -0.15) is 0 Å². The molecule has 1 heterocycles. The quantitative estimate of drug-likeness (QED) is 0.817. The van der Waals surface area contributed by atoms with E-state index in [0.29, 0.717) is 17.8 Å². The van der Waals surface area contributed by atoms with Gasteiger partial charge in [-0.05, 0) is 43.1 Å². The van der Waals surface area contributed by atoms with Crippen LogP contribution in [0.2, 0.25) is 0 Å². The number of hydrogen-bond donors (Lipinski definition) is 2. The molecule has 7 heteroatoms. The van der Waals surface area contributed by atoms with Crippen LogP contribution in [0.15, 0.2) is 59.5 Å². The van der Waals surface area contributed by atoms with Crippen LogP contribution in [0, 0.1) is 5.92 Å². The fourth-order valence-corrected chi connectivity index (χ4v) is 4.39. The van der Waals surface area contributed by atoms with Crippen molar-refractivity contribution in [2.24, 2.45) is 5.92 Å². The molecule has 1 unspecified atom stereocenters. The molecule has 0 radical (unpaired) electrons. The van der Waals surface area contributed by atoms with Crippen molar-refractivity contribution < 1.29 is 13.2 Å². The Labute approximate surface area is 160 Å². The summed E-state index contributed by atoms with van der Waals surface area (Å²) in [5.74, 6) is -0.277. The Balaban J connectivity index is 0.00000243. The van der Waals surface area contributed by atoms with Gasteiger partial charge >= 0.3 is 0 Å². The van der Waals surface area contributed by atoms with Crippen LogP contribution < -0.4 is 10.6 Å². The van der Waals surface area contributed by atoms with Crippen LogP contribution in [0.5, 0.6) is 0 Å². The van der Waals surface area contributed by atoms with E-state index in [0.717, 1.165) is 19.4 Å². The summed E-state index contributed by atoms with van der Waals surface area (Å²) >= 11 is 0. The van der Waals surface area contributed by atoms with Crippen molar-refractivity contribution in [3.8, 4) is 0 Å². The van der Waals surface area contributed by atoms with Crippen molar-refractivity contribution >= 4 is 33.8 Å². The van der Waals surface area contributed by atoms with E-state index in [1.165, 1.54) is 0 Å². The first kappa shape index (κ1) is 20.4. The highest BCUT2D eigenvalue weighted by Gasteiger charge is 2.23. The SMILES string of the molecule is Cl.O=C(Nc1ccccc1CS(=O)(=O)c1ccccc1)C1CCCNC1. The van der Waals surface area contributed by atoms with Crippen LogP contribution in [-0.2, 0) is 20.4 Å². The molecule has 140 valence electrons. The van der Waals surface area contributed by atoms with Gasteiger partial charge in [0.15, 0.2) is 9.84 Å². The van der Waals surface area contributed by atoms with Gasteiger partial charge in [-0.3, -0.25) is 4.79 Å². The highest BCUT2D eigenvalue weighted by Crippen LogP contribution is 2.23. The molecule has 1 fully saturated rings. The van der Waals surface area contributed by atoms with Crippen molar-refractivity contribution in [1.82, 2.24) is 5.32 Å². The van der Waals surface area contributed by atoms with Crippen molar-refractivity contribution in [3.63, 3.8) is 0 Å². The van der Waals surface area contributed by atoms with E-state index in [-0.39, 0.29) is 34.9 Å². The van der Waals surface area contributed by atoms with Crippen molar-refractivity contribution in [1.29, 1.82) is 0 Å². The molecule has 5 nitrogen and oxygen atoms in total. The van der Waals surface area contributed by atoms with E-state index in [9.17, 15) is 13.2 Å². The monoisotopic (exact) mass is 394 g/mol. The average Bonchev–Trinajstić information content (AvgIpc) is 2.64. The Morgan fingerprint density at radius 2 is 1.77 bits per heavy atom. The first-order valence-corrected chi connectivity index (χ1v) is 10.1. The number of halogens is 1. The molecule has 1 aliphatic rings. The summed E-state index contributed by atoms with van der Waals surface area (Å²) in [6, 6.07) is 15.5. The van der Waals surface area contributed by atoms with Crippen molar-refractivity contribution in [3.05, 3.63) is 60.2 Å². The first-order chi connectivity index (χ1) is 12.1. The minimum absolute atomic E-state index is 0. The van der Waals surface area contributed by atoms with Gasteiger partial charge < -0.3 is 10.6 Å². The Morgan fingerprint density at radius 1 is 1.08 bits per heavy atom. The molecule has 2 N–H and O–H groups in total. The van der Waals surface area contributed by atoms with Gasteiger partial charge in [-0.1, -0.05) is 36.4 Å². The molecule has 0 aromatic heterocycles. The molecule has 1 atom stereocenters. The molecule has 1 aliphatic heterocycles. The van der Waals surface area contributed by atoms with Crippen LogP contribution in [0.4, 0.5) is 5.69 Å². The Kier molecular flexibility index (Phi) is 7.20. The molecule has 0 bridgehead atoms. The van der Waals surface area contributed by atoms with Crippen LogP contribution >= 0.6 is 12.4 Å². The molecule has 0 saturated carbocycles. The number of carbonyl (C=O) groups is 1. The summed E-state index contributed by atoms with van der Waals surface area (Å²) in [6.07, 6.45) is 1.82. The number of sulfone groups is 1. The molecule has 0 aliphatic carbocycles. The first-order valence-electron chi connectivity index (χ1n) is 8.43. The summed E-state index contributed by atoms with van der Waals surface area (Å²) < 4.78 is 25.2. The van der Waals surface area contributed by atoms with Crippen LogP contribution in [0.1, 0.15) is 18.4 Å². The Morgan fingerprint density at radius 3 is 2.46 bits per heavy atom. The molecule has 3 rings (SSSR count). The van der Waals surface area contributed by atoms with Gasteiger partial charge in [0.2, 0.25) is 5.91 Å². The zero-order chi connectivity index (χ0) is 17.7. The topological polar surface area (TPSA) is 75.3 Å². The van der Waals surface area contributed by atoms with E-state index in [1.54, 1.807) is 54.6 Å². The number of benzene rings is 2. The predicted molar refractivity (Wildman–Crippen MR) is 105 cm³/mol. The molecule has 1 saturated heterocycles. The molecule has 2 aromatic carbocycles. The normalized spacial score (nSPS) is 17.2. The fraction of sp³-hybridized carbons (Fsp3) is 0.316. The van der Waals surface area contributed by atoms with Gasteiger partial charge in [0.05, 0.1) is 16.6 Å². The zero-order valence-corrected chi connectivity index (χ0v) is 16.0. The summed E-state index contributed by atoms with van der Waals surface area (Å²) in [5.41, 5.74) is 1.17. The van der Waals surface area contributed by atoms with Crippen molar-refractivity contribution in [2.45, 2.75) is 23.5 Å². The summed E-state index contributed by atoms with van der Waals surface area (Å²) in [6.45, 7) is 1.60. The maximum atomic E-state index is 12.6. The molecule has 1 amide bonds. The number of nitrogens with one attached hydrogen (secondary N) is 2. The van der Waals surface area contributed by atoms with E-state index in [2.05, 4.69) is 10.6 Å². The maximum absolute atomic E-state index is 12.6. The van der Waals surface area contributed by atoms with E-state index in [1.807, 2.05) is 0 Å². The van der Waals surface area contributed by atoms with E-state index < -0.39 is 9.84 Å². The van der Waals surface area contributed by atoms with Gasteiger partial charge in [0.1, 0.15) is 0 Å². The Hall–Kier alpha value is -1.89. The molecular formula is C19H23ClN2O3S. The second kappa shape index (κ2) is 9.16. The number of piperidine rings is 1. The van der Waals surface area contributed by atoms with Gasteiger partial charge in [0, 0.05) is 12.2 Å².